The van der Waals surface area contributed by atoms with Crippen molar-refractivity contribution in [2.75, 3.05) is 7.05 Å². The molecule has 0 aromatic carbocycles. The van der Waals surface area contributed by atoms with Crippen molar-refractivity contribution in [3.63, 3.8) is 0 Å². The van der Waals surface area contributed by atoms with Gasteiger partial charge in [-0.15, -0.1) is 0 Å². The second kappa shape index (κ2) is 8.90. The number of carbonyl (C=O) groups is 1. The molecule has 1 unspecified atom stereocenters. The Morgan fingerprint density at radius 1 is 1.13 bits per heavy atom. The Morgan fingerprint density at radius 3 is 1.73 bits per heavy atom. The fraction of sp³-hybridized carbons (Fsp3) is 0.923. The minimum atomic E-state index is 0.0972. The average molecular weight is 215 g/mol. The molecule has 0 aromatic rings. The van der Waals surface area contributed by atoms with Crippen molar-refractivity contribution in [1.29, 1.82) is 0 Å². The largest absolute Gasteiger partial charge is 0.298 e. The van der Waals surface area contributed by atoms with Crippen molar-refractivity contribution in [2.24, 2.45) is 5.92 Å². The Morgan fingerprint density at radius 2 is 1.53 bits per heavy atom. The van der Waals surface area contributed by atoms with Gasteiger partial charge in [0.2, 0.25) is 0 Å². The van der Waals surface area contributed by atoms with Crippen molar-refractivity contribution < 1.29 is 4.79 Å². The molecule has 0 bridgehead atoms. The van der Waals surface area contributed by atoms with Gasteiger partial charge in [-0.3, -0.25) is 9.69 Å². The molecule has 0 aromatic heterocycles. The standard InChI is InChI=1S/C11H23NO.C2H6/c1-8(2)7-11(10(5)13)12(6)9(3)4;1-2/h8-9,11H,7H2,1-6H3;1-2H3. The Labute approximate surface area is 96.0 Å². The van der Waals surface area contributed by atoms with E-state index in [4.69, 9.17) is 0 Å². The molecule has 0 N–H and O–H groups in total. The average Bonchev–Trinajstić information content (AvgIpc) is 2.15. The normalized spacial score (nSPS) is 12.7. The van der Waals surface area contributed by atoms with Crippen LogP contribution in [0.4, 0.5) is 0 Å². The summed E-state index contributed by atoms with van der Waals surface area (Å²) in [7, 11) is 2.03. The zero-order chi connectivity index (χ0) is 12.6. The van der Waals surface area contributed by atoms with Crippen LogP contribution < -0.4 is 0 Å². The first-order chi connectivity index (χ1) is 6.86. The fourth-order valence-electron chi connectivity index (χ4n) is 1.43. The molecule has 0 radical (unpaired) electrons. The van der Waals surface area contributed by atoms with E-state index in [1.807, 2.05) is 20.9 Å². The minimum absolute atomic E-state index is 0.0972. The Kier molecular flexibility index (Phi) is 10.1. The van der Waals surface area contributed by atoms with E-state index in [-0.39, 0.29) is 11.8 Å². The summed E-state index contributed by atoms with van der Waals surface area (Å²) in [6, 6.07) is 0.535. The summed E-state index contributed by atoms with van der Waals surface area (Å²) in [5, 5.41) is 0. The van der Waals surface area contributed by atoms with E-state index < -0.39 is 0 Å². The van der Waals surface area contributed by atoms with Crippen molar-refractivity contribution in [3.05, 3.63) is 0 Å². The highest BCUT2D eigenvalue weighted by Crippen LogP contribution is 2.13. The van der Waals surface area contributed by atoms with Gasteiger partial charge in [0.1, 0.15) is 5.78 Å². The highest BCUT2D eigenvalue weighted by Gasteiger charge is 2.22. The van der Waals surface area contributed by atoms with Gasteiger partial charge in [0.05, 0.1) is 6.04 Å². The van der Waals surface area contributed by atoms with Gasteiger partial charge < -0.3 is 0 Å². The molecule has 15 heavy (non-hydrogen) atoms. The summed E-state index contributed by atoms with van der Waals surface area (Å²) in [5.74, 6) is 0.861. The van der Waals surface area contributed by atoms with Gasteiger partial charge in [-0.25, -0.2) is 0 Å². The van der Waals surface area contributed by atoms with Gasteiger partial charge in [-0.1, -0.05) is 27.7 Å². The molecule has 0 amide bonds. The predicted molar refractivity (Wildman–Crippen MR) is 68.2 cm³/mol. The number of rotatable bonds is 5. The van der Waals surface area contributed by atoms with E-state index in [2.05, 4.69) is 32.6 Å². The zero-order valence-corrected chi connectivity index (χ0v) is 11.8. The molecule has 0 aliphatic carbocycles. The van der Waals surface area contributed by atoms with E-state index in [1.165, 1.54) is 0 Å². The quantitative estimate of drug-likeness (QED) is 0.701. The summed E-state index contributed by atoms with van der Waals surface area (Å²) in [5.41, 5.74) is 0. The number of hydrogen-bond donors (Lipinski definition) is 0. The topological polar surface area (TPSA) is 20.3 Å². The maximum absolute atomic E-state index is 11.4. The number of hydrogen-bond acceptors (Lipinski definition) is 2. The second-order valence-electron chi connectivity index (χ2n) is 4.52. The number of Topliss-reactive ketones (excluding diaryl/α,β-unsaturated/α-hetero) is 1. The summed E-state index contributed by atoms with van der Waals surface area (Å²) < 4.78 is 0. The van der Waals surface area contributed by atoms with Crippen molar-refractivity contribution in [3.8, 4) is 0 Å². The molecule has 0 saturated carbocycles. The van der Waals surface area contributed by atoms with Gasteiger partial charge in [0.25, 0.3) is 0 Å². The number of ketones is 1. The number of nitrogens with zero attached hydrogens (tertiary/aromatic N) is 1. The maximum Gasteiger partial charge on any atom is 0.146 e. The molecule has 92 valence electrons. The Hall–Kier alpha value is -0.370. The van der Waals surface area contributed by atoms with Crippen molar-refractivity contribution in [1.82, 2.24) is 4.90 Å². The van der Waals surface area contributed by atoms with Crippen molar-refractivity contribution in [2.45, 2.75) is 67.0 Å². The van der Waals surface area contributed by atoms with E-state index in [1.54, 1.807) is 6.92 Å². The van der Waals surface area contributed by atoms with Crippen LogP contribution in [-0.2, 0) is 4.79 Å². The van der Waals surface area contributed by atoms with Crippen LogP contribution in [0.2, 0.25) is 0 Å². The molecule has 2 heteroatoms. The lowest BCUT2D eigenvalue weighted by Gasteiger charge is -2.30. The third-order valence-electron chi connectivity index (χ3n) is 2.47. The van der Waals surface area contributed by atoms with Gasteiger partial charge in [-0.05, 0) is 40.2 Å². The van der Waals surface area contributed by atoms with E-state index >= 15 is 0 Å². The van der Waals surface area contributed by atoms with Crippen LogP contribution in [0.15, 0.2) is 0 Å². The van der Waals surface area contributed by atoms with Gasteiger partial charge in [0.15, 0.2) is 0 Å². The zero-order valence-electron chi connectivity index (χ0n) is 11.8. The van der Waals surface area contributed by atoms with Gasteiger partial charge in [0, 0.05) is 6.04 Å². The molecule has 1 atom stereocenters. The highest BCUT2D eigenvalue weighted by molar-refractivity contribution is 5.81. The number of likely N-dealkylation sites (N-methyl/N-ethyl adjacent to an activating group) is 1. The monoisotopic (exact) mass is 215 g/mol. The highest BCUT2D eigenvalue weighted by atomic mass is 16.1. The number of carbonyl (C=O) groups excluding carboxylic acids is 1. The first kappa shape index (κ1) is 17.0. The van der Waals surface area contributed by atoms with E-state index in [0.29, 0.717) is 12.0 Å². The van der Waals surface area contributed by atoms with Crippen LogP contribution in [0.3, 0.4) is 0 Å². The maximum atomic E-state index is 11.4. The molecular formula is C13H29NO. The second-order valence-corrected chi connectivity index (χ2v) is 4.52. The third kappa shape index (κ3) is 7.55. The SMILES string of the molecule is CC.CC(=O)C(CC(C)C)N(C)C(C)C. The Bertz CT molecular complexity index is 164. The van der Waals surface area contributed by atoms with Crippen LogP contribution in [0.5, 0.6) is 0 Å². The van der Waals surface area contributed by atoms with Crippen LogP contribution in [0.1, 0.15) is 54.9 Å². The van der Waals surface area contributed by atoms with Crippen LogP contribution >= 0.6 is 0 Å². The lowest BCUT2D eigenvalue weighted by Crippen LogP contribution is -2.42. The minimum Gasteiger partial charge on any atom is -0.298 e. The fourth-order valence-corrected chi connectivity index (χ4v) is 1.43. The first-order valence-electron chi connectivity index (χ1n) is 6.08. The van der Waals surface area contributed by atoms with Crippen LogP contribution in [0.25, 0.3) is 0 Å². The molecule has 2 nitrogen and oxygen atoms in total. The van der Waals surface area contributed by atoms with E-state index in [0.717, 1.165) is 6.42 Å². The molecule has 0 heterocycles. The summed E-state index contributed by atoms with van der Waals surface area (Å²) in [6.07, 6.45) is 0.962. The molecule has 0 aliphatic rings. The molecule has 0 spiro atoms. The lowest BCUT2D eigenvalue weighted by molar-refractivity contribution is -0.122. The Balaban J connectivity index is 0. The first-order valence-corrected chi connectivity index (χ1v) is 6.08. The van der Waals surface area contributed by atoms with Crippen molar-refractivity contribution >= 4 is 5.78 Å². The molecular weight excluding hydrogens is 186 g/mol. The summed E-state index contributed by atoms with van der Waals surface area (Å²) in [6.45, 7) is 14.2. The van der Waals surface area contributed by atoms with Gasteiger partial charge in [-0.2, -0.15) is 0 Å². The molecule has 0 aliphatic heterocycles. The summed E-state index contributed by atoms with van der Waals surface area (Å²) in [4.78, 5) is 13.5. The molecule has 0 rings (SSSR count). The molecule has 0 saturated heterocycles. The third-order valence-corrected chi connectivity index (χ3v) is 2.47. The van der Waals surface area contributed by atoms with Crippen LogP contribution in [-0.4, -0.2) is 29.8 Å². The lowest BCUT2D eigenvalue weighted by atomic mass is 9.99. The molecule has 0 fully saturated rings. The smallest absolute Gasteiger partial charge is 0.146 e. The summed E-state index contributed by atoms with van der Waals surface area (Å²) >= 11 is 0. The van der Waals surface area contributed by atoms with Gasteiger partial charge >= 0.3 is 0 Å². The van der Waals surface area contributed by atoms with Crippen LogP contribution in [0, 0.1) is 5.92 Å². The van der Waals surface area contributed by atoms with E-state index in [9.17, 15) is 4.79 Å². The predicted octanol–water partition coefficient (Wildman–Crippen LogP) is 3.36.